The van der Waals surface area contributed by atoms with Gasteiger partial charge in [0.2, 0.25) is 0 Å². The molecule has 0 aliphatic carbocycles. The number of hydrogen-bond acceptors (Lipinski definition) is 3. The largest absolute Gasteiger partial charge is 0.497 e. The van der Waals surface area contributed by atoms with E-state index in [-0.39, 0.29) is 6.54 Å². The highest BCUT2D eigenvalue weighted by atomic mass is 35.5. The Hall–Kier alpha value is -3.06. The van der Waals surface area contributed by atoms with Crippen molar-refractivity contribution in [2.45, 2.75) is 6.54 Å². The molecule has 0 spiro atoms. The molecule has 0 saturated carbocycles. The summed E-state index contributed by atoms with van der Waals surface area (Å²) in [5.74, 6) is 0.295. The summed E-state index contributed by atoms with van der Waals surface area (Å²) < 4.78 is 20.4. The lowest BCUT2D eigenvalue weighted by Gasteiger charge is -2.07. The number of anilines is 2. The standard InChI is InChI=1S/C18H16ClFN4O2/c1-26-14-7-5-12(6-8-14)22-18(25)23-13-9-21-24(10-13)11-15-16(19)3-2-4-17(15)20/h2-10H,11H2,1H3,(H2,22,23,25). The van der Waals surface area contributed by atoms with E-state index in [0.717, 1.165) is 0 Å². The molecule has 0 atom stereocenters. The fourth-order valence-corrected chi connectivity index (χ4v) is 2.55. The lowest BCUT2D eigenvalue weighted by molar-refractivity contribution is 0.262. The smallest absolute Gasteiger partial charge is 0.323 e. The van der Waals surface area contributed by atoms with Gasteiger partial charge in [-0.3, -0.25) is 4.68 Å². The first kappa shape index (κ1) is 17.8. The minimum absolute atomic E-state index is 0.160. The Labute approximate surface area is 154 Å². The molecule has 26 heavy (non-hydrogen) atoms. The van der Waals surface area contributed by atoms with Gasteiger partial charge < -0.3 is 15.4 Å². The topological polar surface area (TPSA) is 68.2 Å². The van der Waals surface area contributed by atoms with E-state index in [1.807, 2.05) is 0 Å². The second-order valence-corrected chi connectivity index (χ2v) is 5.84. The van der Waals surface area contributed by atoms with Gasteiger partial charge in [-0.1, -0.05) is 17.7 Å². The second kappa shape index (κ2) is 7.88. The van der Waals surface area contributed by atoms with Gasteiger partial charge in [0.25, 0.3) is 0 Å². The van der Waals surface area contributed by atoms with Crippen molar-refractivity contribution in [1.29, 1.82) is 0 Å². The van der Waals surface area contributed by atoms with Gasteiger partial charge in [-0.05, 0) is 36.4 Å². The monoisotopic (exact) mass is 374 g/mol. The molecule has 0 bridgehead atoms. The van der Waals surface area contributed by atoms with Crippen LogP contribution < -0.4 is 15.4 Å². The summed E-state index contributed by atoms with van der Waals surface area (Å²) in [4.78, 5) is 12.0. The first-order valence-corrected chi connectivity index (χ1v) is 8.10. The van der Waals surface area contributed by atoms with Gasteiger partial charge >= 0.3 is 6.03 Å². The lowest BCUT2D eigenvalue weighted by atomic mass is 10.2. The Morgan fingerprint density at radius 1 is 1.19 bits per heavy atom. The maximum absolute atomic E-state index is 13.8. The van der Waals surface area contributed by atoms with Crippen molar-refractivity contribution in [1.82, 2.24) is 9.78 Å². The van der Waals surface area contributed by atoms with Crippen molar-refractivity contribution >= 4 is 29.0 Å². The van der Waals surface area contributed by atoms with Crippen LogP contribution in [-0.4, -0.2) is 22.9 Å². The predicted molar refractivity (Wildman–Crippen MR) is 98.4 cm³/mol. The van der Waals surface area contributed by atoms with E-state index in [4.69, 9.17) is 16.3 Å². The van der Waals surface area contributed by atoms with Gasteiger partial charge in [0.05, 0.1) is 25.5 Å². The molecule has 0 aliphatic heterocycles. The zero-order chi connectivity index (χ0) is 18.5. The molecular formula is C18H16ClFN4O2. The van der Waals surface area contributed by atoms with E-state index in [0.29, 0.717) is 27.7 Å². The van der Waals surface area contributed by atoms with Crippen molar-refractivity contribution in [3.05, 3.63) is 71.3 Å². The van der Waals surface area contributed by atoms with Crippen molar-refractivity contribution in [2.24, 2.45) is 0 Å². The summed E-state index contributed by atoms with van der Waals surface area (Å²) in [5.41, 5.74) is 1.43. The van der Waals surface area contributed by atoms with Crippen molar-refractivity contribution < 1.29 is 13.9 Å². The molecule has 3 rings (SSSR count). The summed E-state index contributed by atoms with van der Waals surface area (Å²) in [6.45, 7) is 0.160. The number of amides is 2. The van der Waals surface area contributed by atoms with Crippen LogP contribution in [0.4, 0.5) is 20.6 Å². The predicted octanol–water partition coefficient (Wildman–Crippen LogP) is 4.38. The zero-order valence-corrected chi connectivity index (χ0v) is 14.6. The molecular weight excluding hydrogens is 359 g/mol. The van der Waals surface area contributed by atoms with Crippen LogP contribution in [0, 0.1) is 5.82 Å². The SMILES string of the molecule is COc1ccc(NC(=O)Nc2cnn(Cc3c(F)cccc3Cl)c2)cc1. The summed E-state index contributed by atoms with van der Waals surface area (Å²) in [6, 6.07) is 11.0. The molecule has 8 heteroatoms. The number of rotatable bonds is 5. The maximum atomic E-state index is 13.8. The third kappa shape index (κ3) is 4.31. The Morgan fingerprint density at radius 3 is 2.62 bits per heavy atom. The van der Waals surface area contributed by atoms with Crippen LogP contribution in [0.1, 0.15) is 5.56 Å². The number of urea groups is 1. The molecule has 1 aromatic heterocycles. The molecule has 134 valence electrons. The number of methoxy groups -OCH3 is 1. The van der Waals surface area contributed by atoms with Gasteiger partial charge in [-0.25, -0.2) is 9.18 Å². The first-order valence-electron chi connectivity index (χ1n) is 7.72. The van der Waals surface area contributed by atoms with E-state index in [1.54, 1.807) is 49.7 Å². The van der Waals surface area contributed by atoms with E-state index >= 15 is 0 Å². The van der Waals surface area contributed by atoms with Crippen molar-refractivity contribution in [3.63, 3.8) is 0 Å². The Morgan fingerprint density at radius 2 is 1.92 bits per heavy atom. The number of ether oxygens (including phenoxy) is 1. The number of hydrogen-bond donors (Lipinski definition) is 2. The number of aromatic nitrogens is 2. The fraction of sp³-hybridized carbons (Fsp3) is 0.111. The van der Waals surface area contributed by atoms with Crippen LogP contribution in [0.25, 0.3) is 0 Å². The molecule has 6 nitrogen and oxygen atoms in total. The van der Waals surface area contributed by atoms with Gasteiger partial charge in [0.15, 0.2) is 0 Å². The normalized spacial score (nSPS) is 10.4. The number of benzene rings is 2. The quantitative estimate of drug-likeness (QED) is 0.696. The molecule has 0 radical (unpaired) electrons. The van der Waals surface area contributed by atoms with Crippen molar-refractivity contribution in [3.8, 4) is 5.75 Å². The van der Waals surface area contributed by atoms with Gasteiger partial charge in [-0.15, -0.1) is 0 Å². The Bertz CT molecular complexity index is 892. The Kier molecular flexibility index (Phi) is 5.38. The number of halogens is 2. The lowest BCUT2D eigenvalue weighted by Crippen LogP contribution is -2.19. The minimum Gasteiger partial charge on any atom is -0.497 e. The summed E-state index contributed by atoms with van der Waals surface area (Å²) in [7, 11) is 1.57. The van der Waals surface area contributed by atoms with Crippen LogP contribution in [-0.2, 0) is 6.54 Å². The van der Waals surface area contributed by atoms with Gasteiger partial charge in [0, 0.05) is 22.5 Å². The Balaban J connectivity index is 1.61. The molecule has 2 N–H and O–H groups in total. The van der Waals surface area contributed by atoms with E-state index in [9.17, 15) is 9.18 Å². The van der Waals surface area contributed by atoms with Crippen LogP contribution in [0.15, 0.2) is 54.9 Å². The summed E-state index contributed by atoms with van der Waals surface area (Å²) in [5, 5.41) is 9.79. The average Bonchev–Trinajstić information content (AvgIpc) is 3.06. The minimum atomic E-state index is -0.418. The third-order valence-corrected chi connectivity index (χ3v) is 3.97. The highest BCUT2D eigenvalue weighted by Gasteiger charge is 2.10. The average molecular weight is 375 g/mol. The molecule has 0 fully saturated rings. The number of nitrogens with zero attached hydrogens (tertiary/aromatic N) is 2. The number of carbonyl (C=O) groups is 1. The van der Waals surface area contributed by atoms with E-state index in [1.165, 1.54) is 16.9 Å². The highest BCUT2D eigenvalue weighted by molar-refractivity contribution is 6.31. The maximum Gasteiger partial charge on any atom is 0.323 e. The molecule has 3 aromatic rings. The van der Waals surface area contributed by atoms with E-state index < -0.39 is 11.8 Å². The fourth-order valence-electron chi connectivity index (χ4n) is 2.33. The second-order valence-electron chi connectivity index (χ2n) is 5.43. The van der Waals surface area contributed by atoms with Crippen LogP contribution >= 0.6 is 11.6 Å². The van der Waals surface area contributed by atoms with Crippen LogP contribution in [0.2, 0.25) is 5.02 Å². The summed E-state index contributed by atoms with van der Waals surface area (Å²) in [6.07, 6.45) is 3.07. The third-order valence-electron chi connectivity index (χ3n) is 3.62. The van der Waals surface area contributed by atoms with Crippen molar-refractivity contribution in [2.75, 3.05) is 17.7 Å². The molecule has 2 amide bonds. The molecule has 2 aromatic carbocycles. The van der Waals surface area contributed by atoms with Crippen LogP contribution in [0.5, 0.6) is 5.75 Å². The van der Waals surface area contributed by atoms with Gasteiger partial charge in [-0.2, -0.15) is 5.10 Å². The number of nitrogens with one attached hydrogen (secondary N) is 2. The molecule has 0 saturated heterocycles. The molecule has 1 heterocycles. The van der Waals surface area contributed by atoms with Gasteiger partial charge in [0.1, 0.15) is 11.6 Å². The molecule has 0 unspecified atom stereocenters. The highest BCUT2D eigenvalue weighted by Crippen LogP contribution is 2.20. The van der Waals surface area contributed by atoms with Crippen LogP contribution in [0.3, 0.4) is 0 Å². The summed E-state index contributed by atoms with van der Waals surface area (Å²) >= 11 is 6.01. The first-order chi connectivity index (χ1) is 12.5. The molecule has 0 aliphatic rings. The van der Waals surface area contributed by atoms with E-state index in [2.05, 4.69) is 15.7 Å². The number of carbonyl (C=O) groups excluding carboxylic acids is 1. The zero-order valence-electron chi connectivity index (χ0n) is 13.9.